The predicted molar refractivity (Wildman–Crippen MR) is 95.2 cm³/mol. The van der Waals surface area contributed by atoms with E-state index in [4.69, 9.17) is 10.5 Å². The number of para-hydroxylation sites is 2. The number of fused-ring (bicyclic) bond motifs is 1. The zero-order chi connectivity index (χ0) is 17.6. The van der Waals surface area contributed by atoms with Gasteiger partial charge in [0.25, 0.3) is 5.91 Å². The molecule has 0 aliphatic rings. The summed E-state index contributed by atoms with van der Waals surface area (Å²) in [5, 5.41) is 2.79. The van der Waals surface area contributed by atoms with Gasteiger partial charge in [0, 0.05) is 32.2 Å². The van der Waals surface area contributed by atoms with E-state index in [1.54, 1.807) is 0 Å². The zero-order valence-corrected chi connectivity index (χ0v) is 14.0. The summed E-state index contributed by atoms with van der Waals surface area (Å²) in [4.78, 5) is 24.9. The molecule has 0 aliphatic carbocycles. The Morgan fingerprint density at radius 1 is 1.28 bits per heavy atom. The Kier molecular flexibility index (Phi) is 5.20. The van der Waals surface area contributed by atoms with Crippen molar-refractivity contribution >= 4 is 28.7 Å². The fourth-order valence-electron chi connectivity index (χ4n) is 2.55. The van der Waals surface area contributed by atoms with Gasteiger partial charge >= 0.3 is 0 Å². The number of carbonyl (C=O) groups excluding carboxylic acids is 1. The van der Waals surface area contributed by atoms with Crippen LogP contribution in [0.25, 0.3) is 11.0 Å². The molecule has 2 heterocycles. The molecule has 2 aromatic heterocycles. The summed E-state index contributed by atoms with van der Waals surface area (Å²) in [6.45, 7) is 3.96. The highest BCUT2D eigenvalue weighted by Crippen LogP contribution is 2.21. The molecule has 0 fully saturated rings. The summed E-state index contributed by atoms with van der Waals surface area (Å²) in [6.07, 6.45) is 3.68. The second kappa shape index (κ2) is 7.71. The maximum Gasteiger partial charge on any atom is 0.280 e. The van der Waals surface area contributed by atoms with Gasteiger partial charge in [0.05, 0.1) is 11.0 Å². The number of nitrogens with zero attached hydrogens (tertiary/aromatic N) is 4. The van der Waals surface area contributed by atoms with Crippen LogP contribution in [0, 0.1) is 0 Å². The molecule has 0 saturated heterocycles. The Morgan fingerprint density at radius 2 is 2.08 bits per heavy atom. The van der Waals surface area contributed by atoms with Crippen LogP contribution in [-0.4, -0.2) is 38.6 Å². The highest BCUT2D eigenvalue weighted by molar-refractivity contribution is 6.05. The first-order valence-corrected chi connectivity index (χ1v) is 8.11. The van der Waals surface area contributed by atoms with Gasteiger partial charge in [-0.3, -0.25) is 10.1 Å². The number of aryl methyl sites for hydroxylation is 1. The van der Waals surface area contributed by atoms with E-state index in [9.17, 15) is 4.79 Å². The Balaban J connectivity index is 1.87. The fraction of sp³-hybridized carbons (Fsp3) is 0.294. The molecule has 25 heavy (non-hydrogen) atoms. The molecule has 130 valence electrons. The maximum atomic E-state index is 12.5. The number of aromatic nitrogens is 4. The van der Waals surface area contributed by atoms with E-state index < -0.39 is 5.91 Å². The van der Waals surface area contributed by atoms with Crippen LogP contribution in [0.5, 0.6) is 0 Å². The SMILES string of the molecule is CCOCCCn1c(NC(=O)c2nccnc2N)nc2ccccc21. The molecule has 0 spiro atoms. The number of ether oxygens (including phenoxy) is 1. The molecular weight excluding hydrogens is 320 g/mol. The number of nitrogen functional groups attached to an aromatic ring is 1. The van der Waals surface area contributed by atoms with Crippen LogP contribution in [0.2, 0.25) is 0 Å². The molecule has 1 amide bonds. The zero-order valence-electron chi connectivity index (χ0n) is 14.0. The molecule has 0 bridgehead atoms. The van der Waals surface area contributed by atoms with Crippen molar-refractivity contribution in [3.05, 3.63) is 42.4 Å². The van der Waals surface area contributed by atoms with E-state index in [1.165, 1.54) is 12.4 Å². The number of amides is 1. The highest BCUT2D eigenvalue weighted by Gasteiger charge is 2.17. The van der Waals surface area contributed by atoms with E-state index in [1.807, 2.05) is 35.8 Å². The first kappa shape index (κ1) is 16.8. The average molecular weight is 340 g/mol. The van der Waals surface area contributed by atoms with E-state index in [2.05, 4.69) is 20.3 Å². The van der Waals surface area contributed by atoms with Gasteiger partial charge in [-0.25, -0.2) is 15.0 Å². The van der Waals surface area contributed by atoms with Crippen LogP contribution in [0.1, 0.15) is 23.8 Å². The van der Waals surface area contributed by atoms with Gasteiger partial charge in [0.2, 0.25) is 5.95 Å². The van der Waals surface area contributed by atoms with E-state index in [-0.39, 0.29) is 11.5 Å². The summed E-state index contributed by atoms with van der Waals surface area (Å²) in [5.41, 5.74) is 7.56. The molecule has 0 aliphatic heterocycles. The maximum absolute atomic E-state index is 12.5. The lowest BCUT2D eigenvalue weighted by Crippen LogP contribution is -2.19. The van der Waals surface area contributed by atoms with Gasteiger partial charge < -0.3 is 15.0 Å². The number of nitrogens with one attached hydrogen (secondary N) is 1. The monoisotopic (exact) mass is 340 g/mol. The summed E-state index contributed by atoms with van der Waals surface area (Å²) < 4.78 is 7.35. The smallest absolute Gasteiger partial charge is 0.280 e. The van der Waals surface area contributed by atoms with E-state index in [0.717, 1.165) is 17.5 Å². The molecule has 3 aromatic rings. The first-order chi connectivity index (χ1) is 12.2. The molecule has 0 unspecified atom stereocenters. The van der Waals surface area contributed by atoms with Gasteiger partial charge in [-0.15, -0.1) is 0 Å². The minimum absolute atomic E-state index is 0.0791. The Morgan fingerprint density at radius 3 is 2.88 bits per heavy atom. The van der Waals surface area contributed by atoms with Gasteiger partial charge in [-0.05, 0) is 25.5 Å². The third kappa shape index (κ3) is 3.74. The highest BCUT2D eigenvalue weighted by atomic mass is 16.5. The lowest BCUT2D eigenvalue weighted by molar-refractivity contribution is 0.102. The molecule has 0 radical (unpaired) electrons. The number of nitrogens with two attached hydrogens (primary N) is 1. The molecule has 0 atom stereocenters. The summed E-state index contributed by atoms with van der Waals surface area (Å²) in [7, 11) is 0. The number of rotatable bonds is 7. The standard InChI is InChI=1S/C17H20N6O2/c1-2-25-11-5-10-23-13-7-4-3-6-12(13)21-17(23)22-16(24)14-15(18)20-9-8-19-14/h3-4,6-9H,2,5,10-11H2,1H3,(H2,18,20)(H,21,22,24). The topological polar surface area (TPSA) is 108 Å². The van der Waals surface area contributed by atoms with Gasteiger partial charge in [0.15, 0.2) is 11.5 Å². The van der Waals surface area contributed by atoms with Crippen LogP contribution < -0.4 is 11.1 Å². The van der Waals surface area contributed by atoms with Crippen LogP contribution in [0.3, 0.4) is 0 Å². The lowest BCUT2D eigenvalue weighted by atomic mass is 10.3. The third-order valence-electron chi connectivity index (χ3n) is 3.70. The summed E-state index contributed by atoms with van der Waals surface area (Å²) >= 11 is 0. The molecule has 0 saturated carbocycles. The third-order valence-corrected chi connectivity index (χ3v) is 3.70. The van der Waals surface area contributed by atoms with Crippen molar-refractivity contribution in [1.29, 1.82) is 0 Å². The van der Waals surface area contributed by atoms with Crippen LogP contribution >= 0.6 is 0 Å². The lowest BCUT2D eigenvalue weighted by Gasteiger charge is -2.10. The second-order valence-electron chi connectivity index (χ2n) is 5.37. The largest absolute Gasteiger partial charge is 0.382 e. The quantitative estimate of drug-likeness (QED) is 0.638. The van der Waals surface area contributed by atoms with Crippen LogP contribution in [0.15, 0.2) is 36.7 Å². The van der Waals surface area contributed by atoms with Crippen molar-refractivity contribution in [2.45, 2.75) is 19.9 Å². The predicted octanol–water partition coefficient (Wildman–Crippen LogP) is 2.09. The number of imidazole rings is 1. The Hall–Kier alpha value is -3.00. The number of carbonyl (C=O) groups is 1. The number of hydrogen-bond acceptors (Lipinski definition) is 6. The van der Waals surface area contributed by atoms with Crippen molar-refractivity contribution < 1.29 is 9.53 Å². The molecule has 3 rings (SSSR count). The minimum atomic E-state index is -0.438. The average Bonchev–Trinajstić information content (AvgIpc) is 2.96. The number of benzene rings is 1. The molecular formula is C17H20N6O2. The summed E-state index contributed by atoms with van der Waals surface area (Å²) in [5.74, 6) is 0.0960. The normalized spacial score (nSPS) is 10.9. The van der Waals surface area contributed by atoms with E-state index >= 15 is 0 Å². The summed E-state index contributed by atoms with van der Waals surface area (Å²) in [6, 6.07) is 7.72. The van der Waals surface area contributed by atoms with Crippen LogP contribution in [-0.2, 0) is 11.3 Å². The number of hydrogen-bond donors (Lipinski definition) is 2. The van der Waals surface area contributed by atoms with Crippen molar-refractivity contribution in [2.24, 2.45) is 0 Å². The van der Waals surface area contributed by atoms with Crippen molar-refractivity contribution in [3.63, 3.8) is 0 Å². The molecule has 1 aromatic carbocycles. The van der Waals surface area contributed by atoms with Crippen molar-refractivity contribution in [1.82, 2.24) is 19.5 Å². The van der Waals surface area contributed by atoms with Crippen LogP contribution in [0.4, 0.5) is 11.8 Å². The first-order valence-electron chi connectivity index (χ1n) is 8.11. The van der Waals surface area contributed by atoms with Gasteiger partial charge in [-0.1, -0.05) is 12.1 Å². The number of anilines is 2. The Bertz CT molecular complexity index is 876. The van der Waals surface area contributed by atoms with Gasteiger partial charge in [0.1, 0.15) is 0 Å². The van der Waals surface area contributed by atoms with Crippen molar-refractivity contribution in [3.8, 4) is 0 Å². The Labute approximate surface area is 145 Å². The van der Waals surface area contributed by atoms with Gasteiger partial charge in [-0.2, -0.15) is 0 Å². The fourth-order valence-corrected chi connectivity index (χ4v) is 2.55. The minimum Gasteiger partial charge on any atom is -0.382 e. The second-order valence-corrected chi connectivity index (χ2v) is 5.37. The molecule has 3 N–H and O–H groups in total. The molecule has 8 nitrogen and oxygen atoms in total. The van der Waals surface area contributed by atoms with E-state index in [0.29, 0.717) is 25.7 Å². The van der Waals surface area contributed by atoms with Crippen molar-refractivity contribution in [2.75, 3.05) is 24.3 Å². The molecule has 8 heteroatoms.